The van der Waals surface area contributed by atoms with Gasteiger partial charge in [0.2, 0.25) is 0 Å². The van der Waals surface area contributed by atoms with Gasteiger partial charge < -0.3 is 4.43 Å². The van der Waals surface area contributed by atoms with Crippen LogP contribution in [-0.4, -0.2) is 14.3 Å². The molecule has 49 valence electrons. The van der Waals surface area contributed by atoms with E-state index >= 15 is 0 Å². The first-order chi connectivity index (χ1) is 3.77. The van der Waals surface area contributed by atoms with E-state index < -0.39 is 7.66 Å². The van der Waals surface area contributed by atoms with Gasteiger partial charge in [-0.15, -0.1) is 22.2 Å². The van der Waals surface area contributed by atoms with Crippen LogP contribution in [0, 0.1) is 0 Å². The molecule has 0 aromatic heterocycles. The standard InChI is InChI=1S/C4H9Cl2OSi/c1-2-3-4-7-8(5)6/h2-4H2,1H3. The highest BCUT2D eigenvalue weighted by Crippen LogP contribution is 1.98. The predicted molar refractivity (Wildman–Crippen MR) is 38.3 cm³/mol. The molecular weight excluding hydrogens is 163 g/mol. The summed E-state index contributed by atoms with van der Waals surface area (Å²) in [6, 6.07) is 0. The third-order valence-electron chi connectivity index (χ3n) is 0.709. The Morgan fingerprint density at radius 2 is 2.12 bits per heavy atom. The third kappa shape index (κ3) is 6.76. The van der Waals surface area contributed by atoms with Gasteiger partial charge in [0, 0.05) is 6.61 Å². The van der Waals surface area contributed by atoms with Crippen LogP contribution >= 0.6 is 22.2 Å². The summed E-state index contributed by atoms with van der Waals surface area (Å²) in [6.07, 6.45) is 2.18. The summed E-state index contributed by atoms with van der Waals surface area (Å²) in [5, 5.41) is 0. The smallest absolute Gasteiger partial charge is 0.391 e. The Balaban J connectivity index is 2.72. The lowest BCUT2D eigenvalue weighted by atomic mass is 10.4. The quantitative estimate of drug-likeness (QED) is 0.359. The maximum absolute atomic E-state index is 5.36. The molecule has 0 aliphatic heterocycles. The van der Waals surface area contributed by atoms with Crippen molar-refractivity contribution in [2.24, 2.45) is 0 Å². The molecule has 0 atom stereocenters. The van der Waals surface area contributed by atoms with Crippen LogP contribution in [0.2, 0.25) is 0 Å². The van der Waals surface area contributed by atoms with Crippen molar-refractivity contribution in [3.8, 4) is 0 Å². The van der Waals surface area contributed by atoms with Crippen molar-refractivity contribution in [2.75, 3.05) is 6.61 Å². The van der Waals surface area contributed by atoms with Crippen molar-refractivity contribution in [3.63, 3.8) is 0 Å². The summed E-state index contributed by atoms with van der Waals surface area (Å²) in [5.74, 6) is 0. The van der Waals surface area contributed by atoms with E-state index in [1.807, 2.05) is 0 Å². The SMILES string of the molecule is CCCCO[Si](Cl)Cl. The molecule has 1 nitrogen and oxygen atoms in total. The number of halogens is 2. The summed E-state index contributed by atoms with van der Waals surface area (Å²) in [7, 11) is -1.46. The van der Waals surface area contributed by atoms with E-state index in [2.05, 4.69) is 6.92 Å². The minimum absolute atomic E-state index is 0.706. The summed E-state index contributed by atoms with van der Waals surface area (Å²) < 4.78 is 4.91. The summed E-state index contributed by atoms with van der Waals surface area (Å²) in [6.45, 7) is 2.80. The Kier molecular flexibility index (Phi) is 6.44. The van der Waals surface area contributed by atoms with Crippen molar-refractivity contribution in [3.05, 3.63) is 0 Å². The van der Waals surface area contributed by atoms with Crippen molar-refractivity contribution >= 4 is 29.8 Å². The van der Waals surface area contributed by atoms with Crippen LogP contribution in [0.15, 0.2) is 0 Å². The van der Waals surface area contributed by atoms with Gasteiger partial charge in [-0.3, -0.25) is 0 Å². The van der Waals surface area contributed by atoms with Crippen molar-refractivity contribution in [2.45, 2.75) is 19.8 Å². The van der Waals surface area contributed by atoms with Gasteiger partial charge >= 0.3 is 7.66 Å². The van der Waals surface area contributed by atoms with Crippen LogP contribution in [0.3, 0.4) is 0 Å². The van der Waals surface area contributed by atoms with Gasteiger partial charge in [-0.1, -0.05) is 13.3 Å². The molecule has 0 aromatic carbocycles. The van der Waals surface area contributed by atoms with E-state index in [1.54, 1.807) is 0 Å². The zero-order chi connectivity index (χ0) is 6.41. The number of hydrogen-bond donors (Lipinski definition) is 0. The van der Waals surface area contributed by atoms with Gasteiger partial charge in [0.05, 0.1) is 0 Å². The van der Waals surface area contributed by atoms with E-state index in [0.29, 0.717) is 6.61 Å². The van der Waals surface area contributed by atoms with Gasteiger partial charge in [-0.25, -0.2) is 0 Å². The molecular formula is C4H9Cl2OSi. The summed E-state index contributed by atoms with van der Waals surface area (Å²) in [5.41, 5.74) is 0. The second kappa shape index (κ2) is 5.89. The van der Waals surface area contributed by atoms with Gasteiger partial charge in [0.15, 0.2) is 0 Å². The highest BCUT2D eigenvalue weighted by Gasteiger charge is 2.01. The summed E-state index contributed by atoms with van der Waals surface area (Å²) in [4.78, 5) is 0. The normalized spacial score (nSPS) is 10.5. The first kappa shape index (κ1) is 8.76. The van der Waals surface area contributed by atoms with Crippen LogP contribution in [0.1, 0.15) is 19.8 Å². The van der Waals surface area contributed by atoms with Crippen LogP contribution < -0.4 is 0 Å². The second-order valence-corrected chi connectivity index (χ2v) is 4.81. The molecule has 0 unspecified atom stereocenters. The van der Waals surface area contributed by atoms with Crippen LogP contribution in [0.25, 0.3) is 0 Å². The molecule has 0 spiro atoms. The molecule has 0 N–H and O–H groups in total. The van der Waals surface area contributed by atoms with E-state index in [0.717, 1.165) is 12.8 Å². The first-order valence-corrected chi connectivity index (χ1v) is 6.01. The maximum Gasteiger partial charge on any atom is 0.438 e. The second-order valence-electron chi connectivity index (χ2n) is 1.43. The molecule has 0 aliphatic rings. The molecule has 0 rings (SSSR count). The fraction of sp³-hybridized carbons (Fsp3) is 1.00. The molecule has 4 heteroatoms. The van der Waals surface area contributed by atoms with Crippen LogP contribution in [-0.2, 0) is 4.43 Å². The molecule has 0 amide bonds. The van der Waals surface area contributed by atoms with Crippen LogP contribution in [0.5, 0.6) is 0 Å². The maximum atomic E-state index is 5.36. The Hall–Kier alpha value is 0.757. The van der Waals surface area contributed by atoms with Gasteiger partial charge in [-0.05, 0) is 6.42 Å². The van der Waals surface area contributed by atoms with Gasteiger partial charge in [0.25, 0.3) is 0 Å². The molecule has 0 fully saturated rings. The molecule has 8 heavy (non-hydrogen) atoms. The first-order valence-electron chi connectivity index (χ1n) is 2.58. The van der Waals surface area contributed by atoms with E-state index in [9.17, 15) is 0 Å². The lowest BCUT2D eigenvalue weighted by Gasteiger charge is -1.97. The number of rotatable bonds is 4. The monoisotopic (exact) mass is 171 g/mol. The van der Waals surface area contributed by atoms with Crippen molar-refractivity contribution < 1.29 is 4.43 Å². The van der Waals surface area contributed by atoms with Gasteiger partial charge in [0.1, 0.15) is 0 Å². The predicted octanol–water partition coefficient (Wildman–Crippen LogP) is 2.27. The fourth-order valence-corrected chi connectivity index (χ4v) is 1.06. The topological polar surface area (TPSA) is 9.23 Å². The highest BCUT2D eigenvalue weighted by atomic mass is 35.7. The Bertz CT molecular complexity index is 51.3. The highest BCUT2D eigenvalue weighted by molar-refractivity contribution is 7.30. The minimum Gasteiger partial charge on any atom is -0.391 e. The Morgan fingerprint density at radius 1 is 1.50 bits per heavy atom. The minimum atomic E-state index is -1.46. The zero-order valence-corrected chi connectivity index (χ0v) is 7.30. The lowest BCUT2D eigenvalue weighted by molar-refractivity contribution is 0.331. The van der Waals surface area contributed by atoms with E-state index in [1.165, 1.54) is 0 Å². The van der Waals surface area contributed by atoms with Crippen LogP contribution in [0.4, 0.5) is 0 Å². The zero-order valence-electron chi connectivity index (χ0n) is 4.79. The Labute approximate surface area is 61.1 Å². The molecule has 0 aromatic rings. The molecule has 0 aliphatic carbocycles. The van der Waals surface area contributed by atoms with Crippen molar-refractivity contribution in [1.82, 2.24) is 0 Å². The molecule has 0 saturated carbocycles. The van der Waals surface area contributed by atoms with Gasteiger partial charge in [-0.2, -0.15) is 0 Å². The fourth-order valence-electron chi connectivity index (χ4n) is 0.294. The number of hydrogen-bond acceptors (Lipinski definition) is 1. The average Bonchev–Trinajstić information content (AvgIpc) is 1.66. The van der Waals surface area contributed by atoms with E-state index in [-0.39, 0.29) is 0 Å². The molecule has 0 bridgehead atoms. The van der Waals surface area contributed by atoms with Crippen molar-refractivity contribution in [1.29, 1.82) is 0 Å². The number of unbranched alkanes of at least 4 members (excludes halogenated alkanes) is 1. The molecule has 0 saturated heterocycles. The van der Waals surface area contributed by atoms with E-state index in [4.69, 9.17) is 26.6 Å². The summed E-state index contributed by atoms with van der Waals surface area (Å²) >= 11 is 10.7. The Morgan fingerprint density at radius 3 is 2.50 bits per heavy atom. The largest absolute Gasteiger partial charge is 0.438 e. The molecule has 1 radical (unpaired) electrons. The average molecular weight is 172 g/mol. The molecule has 0 heterocycles. The third-order valence-corrected chi connectivity index (χ3v) is 1.79. The lowest BCUT2D eigenvalue weighted by Crippen LogP contribution is -2.02.